The molecule has 3 heteroatoms. The number of amides is 1. The lowest BCUT2D eigenvalue weighted by atomic mass is 10.1. The summed E-state index contributed by atoms with van der Waals surface area (Å²) in [5, 5.41) is 8.44. The van der Waals surface area contributed by atoms with Gasteiger partial charge in [-0.1, -0.05) is 29.8 Å². The molecule has 1 amide bonds. The topological polar surface area (TPSA) is 44.1 Å². The van der Waals surface area contributed by atoms with Crippen molar-refractivity contribution >= 4 is 5.91 Å². The van der Waals surface area contributed by atoms with E-state index in [1.54, 1.807) is 11.9 Å². The Morgan fingerprint density at radius 3 is 2.59 bits per heavy atom. The van der Waals surface area contributed by atoms with Crippen LogP contribution in [-0.2, 0) is 11.2 Å². The third kappa shape index (κ3) is 4.69. The summed E-state index contributed by atoms with van der Waals surface area (Å²) in [6.07, 6.45) is 1.66. The fourth-order valence-corrected chi connectivity index (χ4v) is 1.54. The van der Waals surface area contributed by atoms with Crippen molar-refractivity contribution in [1.29, 1.82) is 5.26 Å². The number of hydrogen-bond donors (Lipinski definition) is 0. The van der Waals surface area contributed by atoms with Gasteiger partial charge in [0.25, 0.3) is 0 Å². The van der Waals surface area contributed by atoms with Crippen LogP contribution in [0.5, 0.6) is 0 Å². The molecular weight excluding hydrogens is 212 g/mol. The third-order valence-corrected chi connectivity index (χ3v) is 2.73. The molecule has 1 rings (SSSR count). The molecule has 0 bridgehead atoms. The molecule has 3 nitrogen and oxygen atoms in total. The van der Waals surface area contributed by atoms with Gasteiger partial charge < -0.3 is 4.90 Å². The minimum Gasteiger partial charge on any atom is -0.345 e. The van der Waals surface area contributed by atoms with Crippen molar-refractivity contribution in [2.45, 2.75) is 26.2 Å². The fourth-order valence-electron chi connectivity index (χ4n) is 1.54. The van der Waals surface area contributed by atoms with Crippen molar-refractivity contribution in [3.05, 3.63) is 35.4 Å². The van der Waals surface area contributed by atoms with Gasteiger partial charge in [-0.2, -0.15) is 5.26 Å². The molecule has 0 aromatic heterocycles. The second kappa shape index (κ2) is 6.70. The van der Waals surface area contributed by atoms with E-state index >= 15 is 0 Å². The SMILES string of the molecule is Cc1ccc(CCC(=O)N(C)CCC#N)cc1. The number of hydrogen-bond acceptors (Lipinski definition) is 2. The summed E-state index contributed by atoms with van der Waals surface area (Å²) in [6.45, 7) is 2.56. The second-order valence-corrected chi connectivity index (χ2v) is 4.21. The Kier molecular flexibility index (Phi) is 5.22. The molecule has 0 aliphatic heterocycles. The second-order valence-electron chi connectivity index (χ2n) is 4.21. The quantitative estimate of drug-likeness (QED) is 0.779. The molecule has 0 unspecified atom stereocenters. The van der Waals surface area contributed by atoms with Crippen molar-refractivity contribution in [2.75, 3.05) is 13.6 Å². The number of carbonyl (C=O) groups excluding carboxylic acids is 1. The predicted molar refractivity (Wildman–Crippen MR) is 67.4 cm³/mol. The van der Waals surface area contributed by atoms with E-state index in [4.69, 9.17) is 5.26 Å². The fraction of sp³-hybridized carbons (Fsp3) is 0.429. The van der Waals surface area contributed by atoms with Crippen molar-refractivity contribution in [3.8, 4) is 6.07 Å². The largest absolute Gasteiger partial charge is 0.345 e. The monoisotopic (exact) mass is 230 g/mol. The summed E-state index contributed by atoms with van der Waals surface area (Å²) in [5.41, 5.74) is 2.41. The molecule has 0 saturated carbocycles. The Labute approximate surface area is 103 Å². The van der Waals surface area contributed by atoms with E-state index in [9.17, 15) is 4.79 Å². The van der Waals surface area contributed by atoms with Crippen molar-refractivity contribution in [2.24, 2.45) is 0 Å². The molecule has 0 N–H and O–H groups in total. The summed E-state index contributed by atoms with van der Waals surface area (Å²) in [5.74, 6) is 0.0980. The van der Waals surface area contributed by atoms with Crippen LogP contribution in [0, 0.1) is 18.3 Å². The number of aryl methyl sites for hydroxylation is 2. The van der Waals surface area contributed by atoms with E-state index in [0.717, 1.165) is 6.42 Å². The Hall–Kier alpha value is -1.82. The minimum atomic E-state index is 0.0980. The maximum Gasteiger partial charge on any atom is 0.222 e. The van der Waals surface area contributed by atoms with Crippen LogP contribution in [0.1, 0.15) is 24.0 Å². The summed E-state index contributed by atoms with van der Waals surface area (Å²) >= 11 is 0. The summed E-state index contributed by atoms with van der Waals surface area (Å²) in [7, 11) is 1.74. The lowest BCUT2D eigenvalue weighted by Crippen LogP contribution is -2.27. The maximum atomic E-state index is 11.7. The summed E-state index contributed by atoms with van der Waals surface area (Å²) in [6, 6.07) is 10.3. The first-order valence-corrected chi connectivity index (χ1v) is 5.80. The Bertz CT molecular complexity index is 403. The van der Waals surface area contributed by atoms with Gasteiger partial charge in [0.2, 0.25) is 5.91 Å². The number of carbonyl (C=O) groups is 1. The minimum absolute atomic E-state index is 0.0980. The zero-order chi connectivity index (χ0) is 12.7. The molecule has 0 heterocycles. The molecule has 0 saturated heterocycles. The lowest BCUT2D eigenvalue weighted by molar-refractivity contribution is -0.129. The molecule has 17 heavy (non-hydrogen) atoms. The van der Waals surface area contributed by atoms with E-state index in [0.29, 0.717) is 19.4 Å². The highest BCUT2D eigenvalue weighted by Crippen LogP contribution is 2.06. The van der Waals surface area contributed by atoms with Crippen LogP contribution in [0.2, 0.25) is 0 Å². The molecule has 0 radical (unpaired) electrons. The average molecular weight is 230 g/mol. The molecule has 1 aromatic carbocycles. The molecule has 0 fully saturated rings. The molecule has 0 aliphatic rings. The van der Waals surface area contributed by atoms with Gasteiger partial charge in [0, 0.05) is 20.0 Å². The zero-order valence-electron chi connectivity index (χ0n) is 10.4. The third-order valence-electron chi connectivity index (χ3n) is 2.73. The maximum absolute atomic E-state index is 11.7. The van der Waals surface area contributed by atoms with Crippen molar-refractivity contribution in [1.82, 2.24) is 4.90 Å². The van der Waals surface area contributed by atoms with Crippen LogP contribution in [0.4, 0.5) is 0 Å². The van der Waals surface area contributed by atoms with Gasteiger partial charge in [-0.05, 0) is 18.9 Å². The Morgan fingerprint density at radius 2 is 2.00 bits per heavy atom. The number of rotatable bonds is 5. The number of benzene rings is 1. The van der Waals surface area contributed by atoms with Gasteiger partial charge in [0.05, 0.1) is 12.5 Å². The van der Waals surface area contributed by atoms with E-state index in [2.05, 4.69) is 24.3 Å². The molecule has 1 aromatic rings. The van der Waals surface area contributed by atoms with Gasteiger partial charge in [-0.3, -0.25) is 4.79 Å². The zero-order valence-corrected chi connectivity index (χ0v) is 10.4. The van der Waals surface area contributed by atoms with Gasteiger partial charge in [-0.15, -0.1) is 0 Å². The van der Waals surface area contributed by atoms with Crippen LogP contribution >= 0.6 is 0 Å². The van der Waals surface area contributed by atoms with E-state index in [-0.39, 0.29) is 5.91 Å². The van der Waals surface area contributed by atoms with Gasteiger partial charge in [0.15, 0.2) is 0 Å². The van der Waals surface area contributed by atoms with Gasteiger partial charge in [-0.25, -0.2) is 0 Å². The van der Waals surface area contributed by atoms with E-state index < -0.39 is 0 Å². The van der Waals surface area contributed by atoms with Crippen LogP contribution in [0.3, 0.4) is 0 Å². The Morgan fingerprint density at radius 1 is 1.35 bits per heavy atom. The van der Waals surface area contributed by atoms with Crippen LogP contribution < -0.4 is 0 Å². The first-order valence-electron chi connectivity index (χ1n) is 5.80. The van der Waals surface area contributed by atoms with Crippen LogP contribution in [-0.4, -0.2) is 24.4 Å². The molecule has 0 atom stereocenters. The molecule has 0 aliphatic carbocycles. The van der Waals surface area contributed by atoms with E-state index in [1.807, 2.05) is 13.0 Å². The van der Waals surface area contributed by atoms with Crippen molar-refractivity contribution in [3.63, 3.8) is 0 Å². The van der Waals surface area contributed by atoms with Crippen LogP contribution in [0.15, 0.2) is 24.3 Å². The average Bonchev–Trinajstić information content (AvgIpc) is 2.34. The lowest BCUT2D eigenvalue weighted by Gasteiger charge is -2.15. The Balaban J connectivity index is 2.37. The highest BCUT2D eigenvalue weighted by atomic mass is 16.2. The summed E-state index contributed by atoms with van der Waals surface area (Å²) in [4.78, 5) is 13.3. The van der Waals surface area contributed by atoms with Gasteiger partial charge >= 0.3 is 0 Å². The molecule has 0 spiro atoms. The summed E-state index contributed by atoms with van der Waals surface area (Å²) < 4.78 is 0. The first kappa shape index (κ1) is 13.2. The molecule has 90 valence electrons. The standard InChI is InChI=1S/C14H18N2O/c1-12-4-6-13(7-5-12)8-9-14(17)16(2)11-3-10-15/h4-7H,3,8-9,11H2,1-2H3. The van der Waals surface area contributed by atoms with E-state index in [1.165, 1.54) is 11.1 Å². The number of nitriles is 1. The molecular formula is C14H18N2O. The number of nitrogens with zero attached hydrogens (tertiary/aromatic N) is 2. The highest BCUT2D eigenvalue weighted by Gasteiger charge is 2.07. The first-order chi connectivity index (χ1) is 8.13. The van der Waals surface area contributed by atoms with Gasteiger partial charge in [0.1, 0.15) is 0 Å². The highest BCUT2D eigenvalue weighted by molar-refractivity contribution is 5.76. The van der Waals surface area contributed by atoms with Crippen molar-refractivity contribution < 1.29 is 4.79 Å². The smallest absolute Gasteiger partial charge is 0.222 e. The normalized spacial score (nSPS) is 9.71. The predicted octanol–water partition coefficient (Wildman–Crippen LogP) is 2.30. The van der Waals surface area contributed by atoms with Crippen LogP contribution in [0.25, 0.3) is 0 Å².